The number of hydrogen-bond donors (Lipinski definition) is 1. The second-order valence-corrected chi connectivity index (χ2v) is 10.1. The highest BCUT2D eigenvalue weighted by atomic mass is 32.2. The van der Waals surface area contributed by atoms with Crippen LogP contribution in [0.5, 0.6) is 11.5 Å². The predicted molar refractivity (Wildman–Crippen MR) is 130 cm³/mol. The van der Waals surface area contributed by atoms with Crippen molar-refractivity contribution in [1.82, 2.24) is 9.58 Å². The number of carbonyl (C=O) groups is 1. The van der Waals surface area contributed by atoms with Gasteiger partial charge in [0.05, 0.1) is 6.61 Å². The Balaban J connectivity index is 1.67. The molecule has 3 aromatic rings. The molecule has 174 valence electrons. The Kier molecular flexibility index (Phi) is 5.06. The monoisotopic (exact) mass is 475 g/mol. The van der Waals surface area contributed by atoms with Gasteiger partial charge in [0.2, 0.25) is 5.43 Å². The molecule has 1 N–H and O–H groups in total. The van der Waals surface area contributed by atoms with E-state index in [4.69, 9.17) is 4.74 Å². The quantitative estimate of drug-likeness (QED) is 0.534. The van der Waals surface area contributed by atoms with Gasteiger partial charge in [0.25, 0.3) is 5.91 Å². The lowest BCUT2D eigenvalue weighted by Crippen LogP contribution is -2.56. The molecule has 1 amide bonds. The molecule has 0 spiro atoms. The number of thioether (sulfide) groups is 1. The lowest BCUT2D eigenvalue weighted by atomic mass is 9.93. The summed E-state index contributed by atoms with van der Waals surface area (Å²) in [7, 11) is 0. The van der Waals surface area contributed by atoms with Crippen molar-refractivity contribution in [2.75, 3.05) is 24.8 Å². The highest BCUT2D eigenvalue weighted by molar-refractivity contribution is 7.98. The van der Waals surface area contributed by atoms with Crippen LogP contribution in [0.15, 0.2) is 64.4 Å². The number of benzene rings is 2. The number of carbonyl (C=O) groups excluding carboxylic acids is 1. The Morgan fingerprint density at radius 2 is 1.94 bits per heavy atom. The van der Waals surface area contributed by atoms with Gasteiger partial charge in [-0.05, 0) is 35.6 Å². The van der Waals surface area contributed by atoms with Crippen LogP contribution < -0.4 is 15.2 Å². The third kappa shape index (κ3) is 3.27. The smallest absolute Gasteiger partial charge is 0.277 e. The molecule has 7 nitrogen and oxygen atoms in total. The van der Waals surface area contributed by atoms with Gasteiger partial charge in [-0.25, -0.2) is 0 Å². The van der Waals surface area contributed by atoms with Gasteiger partial charge in [0.15, 0.2) is 11.4 Å². The van der Waals surface area contributed by atoms with Crippen molar-refractivity contribution in [2.45, 2.75) is 30.0 Å². The maximum absolute atomic E-state index is 13.5. The molecule has 2 atom stereocenters. The second-order valence-electron chi connectivity index (χ2n) is 9.13. The molecule has 0 unspecified atom stereocenters. The van der Waals surface area contributed by atoms with E-state index in [1.54, 1.807) is 27.5 Å². The highest BCUT2D eigenvalue weighted by Gasteiger charge is 2.40. The Morgan fingerprint density at radius 3 is 2.82 bits per heavy atom. The van der Waals surface area contributed by atoms with Crippen molar-refractivity contribution < 1.29 is 14.6 Å². The van der Waals surface area contributed by atoms with E-state index < -0.39 is 11.2 Å². The molecule has 3 aliphatic heterocycles. The van der Waals surface area contributed by atoms with E-state index in [9.17, 15) is 14.7 Å². The highest BCUT2D eigenvalue weighted by Crippen LogP contribution is 2.46. The van der Waals surface area contributed by atoms with Crippen LogP contribution in [0, 0.1) is 5.92 Å². The molecule has 0 fully saturated rings. The number of ether oxygens (including phenoxy) is 1. The molecular formula is C26H25N3O4S. The number of amides is 1. The summed E-state index contributed by atoms with van der Waals surface area (Å²) in [6, 6.07) is 15.5. The third-order valence-corrected chi connectivity index (χ3v) is 8.00. The van der Waals surface area contributed by atoms with Crippen molar-refractivity contribution >= 4 is 17.7 Å². The van der Waals surface area contributed by atoms with E-state index >= 15 is 0 Å². The molecular weight excluding hydrogens is 450 g/mol. The van der Waals surface area contributed by atoms with Crippen LogP contribution in [0.1, 0.15) is 46.6 Å². The average molecular weight is 476 g/mol. The van der Waals surface area contributed by atoms with Crippen LogP contribution in [0.25, 0.3) is 0 Å². The topological polar surface area (TPSA) is 75.0 Å². The summed E-state index contributed by atoms with van der Waals surface area (Å²) in [4.78, 5) is 28.7. The number of hydrogen-bond acceptors (Lipinski definition) is 6. The fourth-order valence-electron chi connectivity index (χ4n) is 5.18. The van der Waals surface area contributed by atoms with Gasteiger partial charge in [-0.3, -0.25) is 19.3 Å². The SMILES string of the molecule is C[C@H]1CCOc2cccc3c2[C@H](c2ccccc2SC3)N2CN(C1)C(=O)c1c(O)c(=O)ccn12. The van der Waals surface area contributed by atoms with Crippen LogP contribution in [-0.4, -0.2) is 40.4 Å². The van der Waals surface area contributed by atoms with E-state index in [2.05, 4.69) is 30.1 Å². The number of fused-ring (bicyclic) bond motifs is 7. The normalized spacial score (nSPS) is 21.4. The van der Waals surface area contributed by atoms with E-state index in [0.717, 1.165) is 33.9 Å². The molecule has 0 aliphatic carbocycles. The molecule has 0 radical (unpaired) electrons. The number of rotatable bonds is 0. The maximum Gasteiger partial charge on any atom is 0.277 e. The molecule has 6 rings (SSSR count). The zero-order valence-corrected chi connectivity index (χ0v) is 19.6. The first-order valence-electron chi connectivity index (χ1n) is 11.5. The first-order chi connectivity index (χ1) is 16.5. The van der Waals surface area contributed by atoms with Gasteiger partial charge in [-0.2, -0.15) is 0 Å². The van der Waals surface area contributed by atoms with Crippen molar-refractivity contribution in [3.05, 3.63) is 87.3 Å². The number of pyridine rings is 1. The van der Waals surface area contributed by atoms with Gasteiger partial charge in [-0.1, -0.05) is 37.3 Å². The van der Waals surface area contributed by atoms with Crippen LogP contribution in [0.2, 0.25) is 0 Å². The molecule has 0 saturated carbocycles. The van der Waals surface area contributed by atoms with E-state index in [-0.39, 0.29) is 23.6 Å². The van der Waals surface area contributed by atoms with Crippen molar-refractivity contribution in [2.24, 2.45) is 5.92 Å². The minimum atomic E-state index is -0.556. The Morgan fingerprint density at radius 1 is 1.09 bits per heavy atom. The molecule has 8 heteroatoms. The summed E-state index contributed by atoms with van der Waals surface area (Å²) in [5.74, 6) is 0.988. The molecule has 0 saturated heterocycles. The fourth-order valence-corrected chi connectivity index (χ4v) is 6.27. The van der Waals surface area contributed by atoms with Gasteiger partial charge in [-0.15, -0.1) is 11.8 Å². The maximum atomic E-state index is 13.5. The summed E-state index contributed by atoms with van der Waals surface area (Å²) in [6.45, 7) is 3.48. The Hall–Kier alpha value is -3.39. The average Bonchev–Trinajstić information content (AvgIpc) is 3.01. The van der Waals surface area contributed by atoms with Crippen molar-refractivity contribution in [3.8, 4) is 11.5 Å². The third-order valence-electron chi connectivity index (χ3n) is 6.86. The van der Waals surface area contributed by atoms with E-state index in [0.29, 0.717) is 19.8 Å². The zero-order valence-electron chi connectivity index (χ0n) is 18.8. The summed E-state index contributed by atoms with van der Waals surface area (Å²) >= 11 is 1.78. The molecule has 2 aromatic carbocycles. The Labute approximate surface area is 201 Å². The summed E-state index contributed by atoms with van der Waals surface area (Å²) in [6.07, 6.45) is 2.39. The minimum absolute atomic E-state index is 0.0135. The largest absolute Gasteiger partial charge is 0.502 e. The lowest BCUT2D eigenvalue weighted by molar-refractivity contribution is 0.0647. The number of nitrogens with zero attached hydrogens (tertiary/aromatic N) is 3. The molecule has 1 aromatic heterocycles. The standard InChI is InChI=1S/C26H25N3O4S/c1-16-10-12-33-20-7-4-5-17-14-34-21-8-3-2-6-18(21)23(22(17)20)29-15-27(13-16)26(32)24-25(31)19(30)9-11-28(24)29/h2-9,11,16,23,31H,10,12-15H2,1H3/t16-,23-/m0/s1. The van der Waals surface area contributed by atoms with Gasteiger partial charge < -0.3 is 14.7 Å². The first kappa shape index (κ1) is 21.2. The van der Waals surface area contributed by atoms with Crippen LogP contribution >= 0.6 is 11.8 Å². The van der Waals surface area contributed by atoms with Gasteiger partial charge >= 0.3 is 0 Å². The number of aromatic hydroxyl groups is 1. The number of aromatic nitrogens is 1. The van der Waals surface area contributed by atoms with Gasteiger partial charge in [0, 0.05) is 35.0 Å². The van der Waals surface area contributed by atoms with Crippen LogP contribution in [0.4, 0.5) is 0 Å². The van der Waals surface area contributed by atoms with Crippen LogP contribution in [-0.2, 0) is 5.75 Å². The Bertz CT molecular complexity index is 1350. The van der Waals surface area contributed by atoms with Crippen molar-refractivity contribution in [1.29, 1.82) is 0 Å². The molecule has 3 aliphatic rings. The first-order valence-corrected chi connectivity index (χ1v) is 12.5. The summed E-state index contributed by atoms with van der Waals surface area (Å²) < 4.78 is 8.03. The summed E-state index contributed by atoms with van der Waals surface area (Å²) in [5, 5.41) is 12.8. The second kappa shape index (κ2) is 8.13. The lowest BCUT2D eigenvalue weighted by Gasteiger charge is -2.44. The minimum Gasteiger partial charge on any atom is -0.502 e. The fraction of sp³-hybridized carbons (Fsp3) is 0.308. The zero-order chi connectivity index (χ0) is 23.4. The molecule has 2 bridgehead atoms. The molecule has 34 heavy (non-hydrogen) atoms. The van der Waals surface area contributed by atoms with E-state index in [1.165, 1.54) is 11.6 Å². The molecule has 4 heterocycles. The van der Waals surface area contributed by atoms with Gasteiger partial charge in [0.1, 0.15) is 18.5 Å². The van der Waals surface area contributed by atoms with Crippen molar-refractivity contribution in [3.63, 3.8) is 0 Å². The van der Waals surface area contributed by atoms with E-state index in [1.807, 2.05) is 24.3 Å². The summed E-state index contributed by atoms with van der Waals surface area (Å²) in [5.41, 5.74) is 2.80. The predicted octanol–water partition coefficient (Wildman–Crippen LogP) is 3.72. The van der Waals surface area contributed by atoms with Crippen LogP contribution in [0.3, 0.4) is 0 Å².